The number of nitrogens with zero attached hydrogens (tertiary/aromatic N) is 3. The second-order valence-electron chi connectivity index (χ2n) is 8.15. The Morgan fingerprint density at radius 3 is 2.32 bits per heavy atom. The lowest BCUT2D eigenvalue weighted by atomic mass is 10.2. The second kappa shape index (κ2) is 9.09. The zero-order chi connectivity index (χ0) is 22.8. The van der Waals surface area contributed by atoms with Crippen molar-refractivity contribution in [2.45, 2.75) is 53.0 Å². The molecule has 3 aromatic rings. The molecule has 2 heterocycles. The van der Waals surface area contributed by atoms with Crippen LogP contribution in [0, 0.1) is 33.6 Å². The normalized spacial score (nSPS) is 11.7. The van der Waals surface area contributed by atoms with Crippen LogP contribution in [0.5, 0.6) is 5.75 Å². The predicted molar refractivity (Wildman–Crippen MR) is 120 cm³/mol. The number of hydrogen-bond acceptors (Lipinski definition) is 6. The molecule has 166 valence electrons. The van der Waals surface area contributed by atoms with Crippen molar-refractivity contribution in [2.24, 2.45) is 5.92 Å². The Labute approximate surface area is 184 Å². The molecule has 2 aromatic heterocycles. The molecule has 0 saturated heterocycles. The largest absolute Gasteiger partial charge is 0.489 e. The van der Waals surface area contributed by atoms with E-state index in [4.69, 9.17) is 9.26 Å². The highest BCUT2D eigenvalue weighted by atomic mass is 32.2. The van der Waals surface area contributed by atoms with Gasteiger partial charge in [0, 0.05) is 12.7 Å². The van der Waals surface area contributed by atoms with E-state index in [1.54, 1.807) is 30.5 Å². The molecule has 0 aliphatic carbocycles. The van der Waals surface area contributed by atoms with Gasteiger partial charge in [0.05, 0.1) is 16.2 Å². The van der Waals surface area contributed by atoms with E-state index in [1.165, 1.54) is 4.31 Å². The summed E-state index contributed by atoms with van der Waals surface area (Å²) in [5, 5.41) is 3.91. The number of rotatable bonds is 8. The maximum absolute atomic E-state index is 13.5. The molecule has 8 heteroatoms. The van der Waals surface area contributed by atoms with Crippen LogP contribution in [0.3, 0.4) is 0 Å². The molecule has 0 aliphatic heterocycles. The van der Waals surface area contributed by atoms with Crippen molar-refractivity contribution in [3.05, 3.63) is 64.7 Å². The lowest BCUT2D eigenvalue weighted by molar-refractivity contribution is 0.301. The summed E-state index contributed by atoms with van der Waals surface area (Å²) in [6, 6.07) is 8.39. The fourth-order valence-electron chi connectivity index (χ4n) is 3.30. The van der Waals surface area contributed by atoms with E-state index in [0.29, 0.717) is 30.5 Å². The Morgan fingerprint density at radius 1 is 1.10 bits per heavy atom. The fraction of sp³-hybridized carbons (Fsp3) is 0.391. The average Bonchev–Trinajstić information content (AvgIpc) is 3.02. The van der Waals surface area contributed by atoms with Gasteiger partial charge in [-0.3, -0.25) is 0 Å². The smallest absolute Gasteiger partial charge is 0.265 e. The van der Waals surface area contributed by atoms with E-state index in [9.17, 15) is 8.42 Å². The van der Waals surface area contributed by atoms with Gasteiger partial charge in [0.2, 0.25) is 0 Å². The molecule has 1 aromatic carbocycles. The number of pyridine rings is 1. The van der Waals surface area contributed by atoms with Crippen LogP contribution in [-0.2, 0) is 16.6 Å². The minimum atomic E-state index is -3.78. The van der Waals surface area contributed by atoms with Crippen LogP contribution >= 0.6 is 0 Å². The van der Waals surface area contributed by atoms with Crippen molar-refractivity contribution in [1.82, 2.24) is 10.1 Å². The number of hydrogen-bond donors (Lipinski definition) is 0. The Balaban J connectivity index is 1.86. The Bertz CT molecular complexity index is 1130. The quantitative estimate of drug-likeness (QED) is 0.500. The van der Waals surface area contributed by atoms with Gasteiger partial charge in [-0.2, -0.15) is 0 Å². The van der Waals surface area contributed by atoms with Crippen molar-refractivity contribution in [1.29, 1.82) is 0 Å². The molecule has 0 atom stereocenters. The summed E-state index contributed by atoms with van der Waals surface area (Å²) < 4.78 is 39.3. The number of aryl methyl sites for hydroxylation is 4. The molecule has 0 radical (unpaired) electrons. The van der Waals surface area contributed by atoms with Gasteiger partial charge in [0.15, 0.2) is 0 Å². The number of sulfonamides is 1. The molecule has 0 spiro atoms. The third-order valence-electron chi connectivity index (χ3n) is 4.93. The first-order valence-electron chi connectivity index (χ1n) is 10.2. The minimum Gasteiger partial charge on any atom is -0.489 e. The van der Waals surface area contributed by atoms with Crippen molar-refractivity contribution < 1.29 is 17.7 Å². The van der Waals surface area contributed by atoms with Gasteiger partial charge in [-0.15, -0.1) is 0 Å². The van der Waals surface area contributed by atoms with Crippen molar-refractivity contribution in [2.75, 3.05) is 10.8 Å². The monoisotopic (exact) mass is 443 g/mol. The molecule has 0 saturated carbocycles. The fourth-order valence-corrected chi connectivity index (χ4v) is 4.95. The van der Waals surface area contributed by atoms with E-state index in [-0.39, 0.29) is 10.8 Å². The van der Waals surface area contributed by atoms with Crippen LogP contribution in [0.15, 0.2) is 45.9 Å². The molecule has 31 heavy (non-hydrogen) atoms. The van der Waals surface area contributed by atoms with Crippen LogP contribution < -0.4 is 9.04 Å². The number of anilines is 1. The van der Waals surface area contributed by atoms with Crippen LogP contribution in [0.4, 0.5) is 5.82 Å². The van der Waals surface area contributed by atoms with Crippen molar-refractivity contribution in [3.63, 3.8) is 0 Å². The summed E-state index contributed by atoms with van der Waals surface area (Å²) in [4.78, 5) is 4.62. The molecular formula is C23H29N3O4S. The summed E-state index contributed by atoms with van der Waals surface area (Å²) in [5.74, 6) is 1.87. The number of benzene rings is 1. The molecule has 0 aliphatic rings. The molecule has 0 bridgehead atoms. The van der Waals surface area contributed by atoms with Gasteiger partial charge >= 0.3 is 0 Å². The topological polar surface area (TPSA) is 85.5 Å². The van der Waals surface area contributed by atoms with Crippen molar-refractivity contribution >= 4 is 15.8 Å². The number of ether oxygens (including phenoxy) is 1. The van der Waals surface area contributed by atoms with Gasteiger partial charge in [-0.1, -0.05) is 25.1 Å². The highest BCUT2D eigenvalue weighted by Crippen LogP contribution is 2.28. The van der Waals surface area contributed by atoms with Gasteiger partial charge in [0.25, 0.3) is 10.0 Å². The lowest BCUT2D eigenvalue weighted by Crippen LogP contribution is -2.35. The minimum absolute atomic E-state index is 0.134. The first kappa shape index (κ1) is 22.8. The second-order valence-corrected chi connectivity index (χ2v) is 10.0. The highest BCUT2D eigenvalue weighted by Gasteiger charge is 2.28. The van der Waals surface area contributed by atoms with E-state index >= 15 is 0 Å². The van der Waals surface area contributed by atoms with E-state index in [0.717, 1.165) is 22.4 Å². The molecule has 0 N–H and O–H groups in total. The Morgan fingerprint density at radius 2 is 1.77 bits per heavy atom. The van der Waals surface area contributed by atoms with Gasteiger partial charge in [-0.25, -0.2) is 17.7 Å². The molecule has 0 amide bonds. The molecular weight excluding hydrogens is 414 g/mol. The van der Waals surface area contributed by atoms with Crippen LogP contribution in [-0.4, -0.2) is 25.1 Å². The average molecular weight is 444 g/mol. The highest BCUT2D eigenvalue weighted by molar-refractivity contribution is 7.92. The molecule has 3 rings (SSSR count). The summed E-state index contributed by atoms with van der Waals surface area (Å²) in [5.41, 5.74) is 3.48. The maximum atomic E-state index is 13.5. The van der Waals surface area contributed by atoms with E-state index in [1.807, 2.05) is 47.6 Å². The number of aromatic nitrogens is 2. The Hall–Kier alpha value is -2.87. The predicted octanol–water partition coefficient (Wildman–Crippen LogP) is 4.73. The van der Waals surface area contributed by atoms with Gasteiger partial charge in [-0.05, 0) is 69.0 Å². The van der Waals surface area contributed by atoms with E-state index in [2.05, 4.69) is 10.1 Å². The zero-order valence-corrected chi connectivity index (χ0v) is 19.7. The first-order valence-corrected chi connectivity index (χ1v) is 11.6. The van der Waals surface area contributed by atoms with Crippen LogP contribution in [0.25, 0.3) is 0 Å². The molecule has 0 unspecified atom stereocenters. The SMILES string of the molecule is Cc1cnc(N(CC(C)C)S(=O)(=O)c2ccc(OCc3c(C)noc3C)cc2)c(C)c1. The first-order chi connectivity index (χ1) is 14.6. The van der Waals surface area contributed by atoms with Crippen LogP contribution in [0.2, 0.25) is 0 Å². The van der Waals surface area contributed by atoms with Crippen LogP contribution in [0.1, 0.15) is 42.0 Å². The maximum Gasteiger partial charge on any atom is 0.265 e. The van der Waals surface area contributed by atoms with Crippen molar-refractivity contribution in [3.8, 4) is 5.75 Å². The van der Waals surface area contributed by atoms with Gasteiger partial charge < -0.3 is 9.26 Å². The van der Waals surface area contributed by atoms with Gasteiger partial charge in [0.1, 0.15) is 23.9 Å². The van der Waals surface area contributed by atoms with E-state index < -0.39 is 10.0 Å². The standard InChI is InChI=1S/C23H29N3O4S/c1-15(2)13-26(23-17(4)11-16(3)12-24-23)31(27,28)21-9-7-20(8-10-21)29-14-22-18(5)25-30-19(22)6/h7-12,15H,13-14H2,1-6H3. The molecule has 0 fully saturated rings. The summed E-state index contributed by atoms with van der Waals surface area (Å²) in [6.07, 6.45) is 1.69. The third kappa shape index (κ3) is 5.07. The summed E-state index contributed by atoms with van der Waals surface area (Å²) >= 11 is 0. The molecule has 7 nitrogen and oxygen atoms in total. The zero-order valence-electron chi connectivity index (χ0n) is 18.8. The third-order valence-corrected chi connectivity index (χ3v) is 6.70. The summed E-state index contributed by atoms with van der Waals surface area (Å²) in [7, 11) is -3.78. The lowest BCUT2D eigenvalue weighted by Gasteiger charge is -2.26. The Kier molecular flexibility index (Phi) is 6.69. The summed E-state index contributed by atoms with van der Waals surface area (Å²) in [6.45, 7) is 12.1.